The lowest BCUT2D eigenvalue weighted by Gasteiger charge is -2.22. The zero-order chi connectivity index (χ0) is 16.5. The molecule has 0 spiro atoms. The van der Waals surface area contributed by atoms with Crippen molar-refractivity contribution in [3.63, 3.8) is 0 Å². The maximum Gasteiger partial charge on any atom is 0.221 e. The molecule has 9 heteroatoms. The van der Waals surface area contributed by atoms with Crippen molar-refractivity contribution in [3.8, 4) is 0 Å². The van der Waals surface area contributed by atoms with Crippen LogP contribution in [0.1, 0.15) is 12.0 Å². The summed E-state index contributed by atoms with van der Waals surface area (Å²) in [6, 6.07) is 9.51. The van der Waals surface area contributed by atoms with E-state index in [-0.39, 0.29) is 43.2 Å². The van der Waals surface area contributed by atoms with Gasteiger partial charge in [-0.15, -0.1) is 12.4 Å². The molecule has 1 heterocycles. The van der Waals surface area contributed by atoms with Gasteiger partial charge < -0.3 is 10.6 Å². The van der Waals surface area contributed by atoms with Gasteiger partial charge in [0.1, 0.15) is 0 Å². The van der Waals surface area contributed by atoms with E-state index in [1.807, 2.05) is 42.1 Å². The number of rotatable bonds is 8. The second-order valence-electron chi connectivity index (χ2n) is 5.41. The summed E-state index contributed by atoms with van der Waals surface area (Å²) < 4.78 is 26.3. The van der Waals surface area contributed by atoms with Crippen molar-refractivity contribution in [2.75, 3.05) is 30.3 Å². The number of benzene rings is 1. The maximum atomic E-state index is 11.9. The highest BCUT2D eigenvalue weighted by Crippen LogP contribution is 2.09. The topological polar surface area (TPSA) is 87.3 Å². The largest absolute Gasteiger partial charge is 0.355 e. The Balaban J connectivity index is 0.00000288. The fourth-order valence-corrected chi connectivity index (χ4v) is 4.08. The molecule has 24 heavy (non-hydrogen) atoms. The van der Waals surface area contributed by atoms with Crippen molar-refractivity contribution < 1.29 is 13.2 Å². The summed E-state index contributed by atoms with van der Waals surface area (Å²) in [4.78, 5) is 11.8. The van der Waals surface area contributed by atoms with Crippen molar-refractivity contribution in [3.05, 3.63) is 35.9 Å². The molecule has 3 N–H and O–H groups in total. The third-order valence-corrected chi connectivity index (χ3v) is 5.92. The van der Waals surface area contributed by atoms with Gasteiger partial charge >= 0.3 is 0 Å². The van der Waals surface area contributed by atoms with Gasteiger partial charge in [-0.05, 0) is 5.56 Å². The number of thioether (sulfide) groups is 1. The molecular weight excluding hydrogens is 370 g/mol. The van der Waals surface area contributed by atoms with Crippen LogP contribution in [0.25, 0.3) is 0 Å². The smallest absolute Gasteiger partial charge is 0.221 e. The van der Waals surface area contributed by atoms with Gasteiger partial charge in [0.25, 0.3) is 0 Å². The summed E-state index contributed by atoms with van der Waals surface area (Å²) in [5.41, 5.74) is 0.904. The van der Waals surface area contributed by atoms with Gasteiger partial charge in [0.15, 0.2) is 0 Å². The number of hydrogen-bond acceptors (Lipinski definition) is 5. The molecule has 1 aromatic rings. The van der Waals surface area contributed by atoms with Crippen LogP contribution in [0.4, 0.5) is 0 Å². The fraction of sp³-hybridized carbons (Fsp3) is 0.533. The molecule has 1 fully saturated rings. The minimum absolute atomic E-state index is 0. The summed E-state index contributed by atoms with van der Waals surface area (Å²) >= 11 is 1.83. The summed E-state index contributed by atoms with van der Waals surface area (Å²) in [6.07, 6.45) is 0.393. The van der Waals surface area contributed by atoms with Gasteiger partial charge in [0.2, 0.25) is 15.9 Å². The van der Waals surface area contributed by atoms with Crippen molar-refractivity contribution >= 4 is 40.1 Å². The number of carbonyl (C=O) groups is 1. The van der Waals surface area contributed by atoms with Crippen LogP contribution in [0.2, 0.25) is 0 Å². The molecular formula is C15H24ClN3O3S2. The van der Waals surface area contributed by atoms with E-state index in [9.17, 15) is 13.2 Å². The van der Waals surface area contributed by atoms with E-state index < -0.39 is 10.0 Å². The van der Waals surface area contributed by atoms with Crippen LogP contribution in [0, 0.1) is 0 Å². The lowest BCUT2D eigenvalue weighted by molar-refractivity contribution is -0.121. The van der Waals surface area contributed by atoms with Crippen LogP contribution in [0.15, 0.2) is 30.3 Å². The van der Waals surface area contributed by atoms with E-state index in [0.717, 1.165) is 23.6 Å². The Morgan fingerprint density at radius 3 is 2.71 bits per heavy atom. The summed E-state index contributed by atoms with van der Waals surface area (Å²) in [6.45, 7) is 1.31. The molecule has 1 aromatic carbocycles. The Labute approximate surface area is 154 Å². The molecule has 6 nitrogen and oxygen atoms in total. The highest BCUT2D eigenvalue weighted by atomic mass is 35.5. The Hall–Kier alpha value is -0.800. The van der Waals surface area contributed by atoms with E-state index >= 15 is 0 Å². The van der Waals surface area contributed by atoms with Gasteiger partial charge in [-0.1, -0.05) is 30.3 Å². The second-order valence-corrected chi connectivity index (χ2v) is 8.48. The molecule has 1 saturated heterocycles. The lowest BCUT2D eigenvalue weighted by Crippen LogP contribution is -2.42. The number of halogens is 1. The zero-order valence-electron chi connectivity index (χ0n) is 13.4. The fourth-order valence-electron chi connectivity index (χ4n) is 2.23. The van der Waals surface area contributed by atoms with Crippen LogP contribution in [0.3, 0.4) is 0 Å². The van der Waals surface area contributed by atoms with E-state index in [2.05, 4.69) is 15.4 Å². The van der Waals surface area contributed by atoms with Crippen molar-refractivity contribution in [2.45, 2.75) is 19.0 Å². The number of sulfonamides is 1. The minimum atomic E-state index is -3.39. The summed E-state index contributed by atoms with van der Waals surface area (Å²) in [5, 5.41) is 5.96. The average molecular weight is 394 g/mol. The molecule has 1 aliphatic heterocycles. The number of carbonyl (C=O) groups excluding carboxylic acids is 1. The summed E-state index contributed by atoms with van der Waals surface area (Å²) in [7, 11) is -3.39. The molecule has 0 bridgehead atoms. The zero-order valence-corrected chi connectivity index (χ0v) is 15.8. The first-order valence-electron chi connectivity index (χ1n) is 7.64. The molecule has 1 unspecified atom stereocenters. The Bertz CT molecular complexity index is 593. The van der Waals surface area contributed by atoms with Crippen molar-refractivity contribution in [1.29, 1.82) is 0 Å². The van der Waals surface area contributed by atoms with Crippen LogP contribution >= 0.6 is 24.2 Å². The second kappa shape index (κ2) is 10.9. The third kappa shape index (κ3) is 8.34. The molecule has 1 atom stereocenters. The van der Waals surface area contributed by atoms with Crippen LogP contribution in [0.5, 0.6) is 0 Å². The molecule has 0 aromatic heterocycles. The van der Waals surface area contributed by atoms with Gasteiger partial charge in [-0.3, -0.25) is 4.79 Å². The van der Waals surface area contributed by atoms with Crippen LogP contribution < -0.4 is 15.4 Å². The highest BCUT2D eigenvalue weighted by molar-refractivity contribution is 7.99. The first kappa shape index (κ1) is 21.2. The van der Waals surface area contributed by atoms with E-state index in [0.29, 0.717) is 6.42 Å². The van der Waals surface area contributed by atoms with Crippen molar-refractivity contribution in [1.82, 2.24) is 15.4 Å². The van der Waals surface area contributed by atoms with Gasteiger partial charge in [-0.25, -0.2) is 13.1 Å². The normalized spacial score (nSPS) is 17.8. The third-order valence-electron chi connectivity index (χ3n) is 3.46. The molecule has 0 radical (unpaired) electrons. The van der Waals surface area contributed by atoms with Crippen LogP contribution in [-0.4, -0.2) is 50.7 Å². The Morgan fingerprint density at radius 1 is 1.29 bits per heavy atom. The molecule has 0 aliphatic carbocycles. The molecule has 136 valence electrons. The monoisotopic (exact) mass is 393 g/mol. The Morgan fingerprint density at radius 2 is 2.04 bits per heavy atom. The molecule has 1 amide bonds. The minimum Gasteiger partial charge on any atom is -0.355 e. The maximum absolute atomic E-state index is 11.9. The lowest BCUT2D eigenvalue weighted by atomic mass is 10.2. The number of amides is 1. The Kier molecular flexibility index (Phi) is 9.68. The quantitative estimate of drug-likeness (QED) is 0.606. The standard InChI is InChI=1S/C15H23N3O3S2.ClH/c19-15(10-14-12-22-8-6-16-14)17-7-9-23(20,21)18-11-13-4-2-1-3-5-13;/h1-5,14,16,18H,6-12H2,(H,17,19);1H. The predicted octanol–water partition coefficient (Wildman–Crippen LogP) is 0.739. The van der Waals surface area contributed by atoms with E-state index in [1.54, 1.807) is 0 Å². The molecule has 0 saturated carbocycles. The first-order valence-corrected chi connectivity index (χ1v) is 10.4. The van der Waals surface area contributed by atoms with E-state index in [1.165, 1.54) is 0 Å². The van der Waals surface area contributed by atoms with Crippen molar-refractivity contribution in [2.24, 2.45) is 0 Å². The number of hydrogen-bond donors (Lipinski definition) is 3. The number of nitrogens with one attached hydrogen (secondary N) is 3. The first-order chi connectivity index (χ1) is 11.1. The van der Waals surface area contributed by atoms with E-state index in [4.69, 9.17) is 0 Å². The molecule has 1 aliphatic rings. The summed E-state index contributed by atoms with van der Waals surface area (Å²) in [5.74, 6) is 1.77. The van der Waals surface area contributed by atoms with Gasteiger partial charge in [-0.2, -0.15) is 11.8 Å². The SMILES string of the molecule is Cl.O=C(CC1CSCCN1)NCCS(=O)(=O)NCc1ccccc1. The van der Waals surface area contributed by atoms with Gasteiger partial charge in [0, 0.05) is 43.6 Å². The highest BCUT2D eigenvalue weighted by Gasteiger charge is 2.17. The van der Waals surface area contributed by atoms with Crippen LogP contribution in [-0.2, 0) is 21.4 Å². The van der Waals surface area contributed by atoms with Gasteiger partial charge in [0.05, 0.1) is 5.75 Å². The average Bonchev–Trinajstić information content (AvgIpc) is 2.55. The molecule has 2 rings (SSSR count). The predicted molar refractivity (Wildman–Crippen MR) is 101 cm³/mol.